The van der Waals surface area contributed by atoms with Gasteiger partial charge in [-0.05, 0) is 25.7 Å². The minimum atomic E-state index is 0.0391. The molecule has 0 radical (unpaired) electrons. The summed E-state index contributed by atoms with van der Waals surface area (Å²) in [5, 5.41) is 3.91. The van der Waals surface area contributed by atoms with E-state index in [0.717, 1.165) is 39.1 Å². The standard InChI is InChI=1S/C16H31NO2/c1-3-5-7-14(6-4-2)17-15-8-10-19-16(12-15)9-11-18-13-16/h14-15,17H,3-13H2,1-2H3. The Morgan fingerprint density at radius 1 is 1.21 bits per heavy atom. The van der Waals surface area contributed by atoms with E-state index in [9.17, 15) is 0 Å². The molecule has 0 aromatic carbocycles. The van der Waals surface area contributed by atoms with Gasteiger partial charge in [0.1, 0.15) is 0 Å². The molecule has 0 amide bonds. The van der Waals surface area contributed by atoms with Crippen LogP contribution in [-0.4, -0.2) is 37.5 Å². The fraction of sp³-hybridized carbons (Fsp3) is 1.00. The van der Waals surface area contributed by atoms with Crippen molar-refractivity contribution in [1.29, 1.82) is 0 Å². The molecule has 3 unspecified atom stereocenters. The van der Waals surface area contributed by atoms with E-state index in [2.05, 4.69) is 19.2 Å². The van der Waals surface area contributed by atoms with Crippen LogP contribution in [0.15, 0.2) is 0 Å². The average molecular weight is 269 g/mol. The van der Waals surface area contributed by atoms with Crippen LogP contribution in [0.3, 0.4) is 0 Å². The zero-order valence-corrected chi connectivity index (χ0v) is 12.7. The molecule has 2 rings (SSSR count). The van der Waals surface area contributed by atoms with Gasteiger partial charge in [0.25, 0.3) is 0 Å². The maximum atomic E-state index is 6.01. The third-order valence-corrected chi connectivity index (χ3v) is 4.57. The lowest BCUT2D eigenvalue weighted by Gasteiger charge is -2.39. The summed E-state index contributed by atoms with van der Waals surface area (Å²) in [6.45, 7) is 7.15. The van der Waals surface area contributed by atoms with E-state index in [1.54, 1.807) is 0 Å². The van der Waals surface area contributed by atoms with Gasteiger partial charge in [0.2, 0.25) is 0 Å². The fourth-order valence-corrected chi connectivity index (χ4v) is 3.48. The quantitative estimate of drug-likeness (QED) is 0.769. The first-order valence-corrected chi connectivity index (χ1v) is 8.26. The van der Waals surface area contributed by atoms with E-state index in [1.807, 2.05) is 0 Å². The third-order valence-electron chi connectivity index (χ3n) is 4.57. The van der Waals surface area contributed by atoms with Crippen molar-refractivity contribution in [2.24, 2.45) is 0 Å². The van der Waals surface area contributed by atoms with Crippen LogP contribution in [0.1, 0.15) is 65.2 Å². The van der Waals surface area contributed by atoms with Crippen LogP contribution in [0.5, 0.6) is 0 Å². The van der Waals surface area contributed by atoms with Crippen molar-refractivity contribution >= 4 is 0 Å². The largest absolute Gasteiger partial charge is 0.378 e. The molecule has 0 aromatic heterocycles. The van der Waals surface area contributed by atoms with Gasteiger partial charge in [-0.25, -0.2) is 0 Å². The Kier molecular flexibility index (Phi) is 6.11. The number of ether oxygens (including phenoxy) is 2. The predicted molar refractivity (Wildman–Crippen MR) is 78.5 cm³/mol. The maximum Gasteiger partial charge on any atom is 0.0951 e. The molecule has 2 aliphatic rings. The molecule has 1 N–H and O–H groups in total. The van der Waals surface area contributed by atoms with Gasteiger partial charge < -0.3 is 14.8 Å². The molecular formula is C16H31NO2. The minimum Gasteiger partial charge on any atom is -0.378 e. The van der Waals surface area contributed by atoms with Crippen molar-refractivity contribution in [2.45, 2.75) is 82.9 Å². The van der Waals surface area contributed by atoms with Gasteiger partial charge >= 0.3 is 0 Å². The average Bonchev–Trinajstić information content (AvgIpc) is 2.84. The molecule has 2 heterocycles. The molecule has 0 saturated carbocycles. The highest BCUT2D eigenvalue weighted by molar-refractivity contribution is 4.93. The van der Waals surface area contributed by atoms with Gasteiger partial charge in [-0.3, -0.25) is 0 Å². The molecule has 3 nitrogen and oxygen atoms in total. The van der Waals surface area contributed by atoms with E-state index in [-0.39, 0.29) is 5.60 Å². The number of hydrogen-bond donors (Lipinski definition) is 1. The summed E-state index contributed by atoms with van der Waals surface area (Å²) in [6.07, 6.45) is 9.93. The van der Waals surface area contributed by atoms with Gasteiger partial charge in [-0.1, -0.05) is 33.1 Å². The van der Waals surface area contributed by atoms with Gasteiger partial charge in [0, 0.05) is 31.7 Å². The van der Waals surface area contributed by atoms with Crippen molar-refractivity contribution < 1.29 is 9.47 Å². The van der Waals surface area contributed by atoms with Crippen molar-refractivity contribution in [3.05, 3.63) is 0 Å². The first kappa shape index (κ1) is 15.3. The zero-order chi connectivity index (χ0) is 13.6. The fourth-order valence-electron chi connectivity index (χ4n) is 3.48. The first-order valence-electron chi connectivity index (χ1n) is 8.26. The summed E-state index contributed by atoms with van der Waals surface area (Å²) in [5.74, 6) is 0. The summed E-state index contributed by atoms with van der Waals surface area (Å²) in [7, 11) is 0. The van der Waals surface area contributed by atoms with E-state index in [4.69, 9.17) is 9.47 Å². The number of nitrogens with one attached hydrogen (secondary N) is 1. The molecule has 0 aromatic rings. The maximum absolute atomic E-state index is 6.01. The van der Waals surface area contributed by atoms with Crippen LogP contribution < -0.4 is 5.32 Å². The molecule has 112 valence electrons. The normalized spacial score (nSPS) is 32.8. The molecule has 0 bridgehead atoms. The van der Waals surface area contributed by atoms with Crippen molar-refractivity contribution in [3.63, 3.8) is 0 Å². The van der Waals surface area contributed by atoms with Crippen LogP contribution in [-0.2, 0) is 9.47 Å². The highest BCUT2D eigenvalue weighted by Gasteiger charge is 2.41. The Morgan fingerprint density at radius 2 is 2.11 bits per heavy atom. The molecular weight excluding hydrogens is 238 g/mol. The Labute approximate surface area is 118 Å². The molecule has 2 saturated heterocycles. The number of hydrogen-bond acceptors (Lipinski definition) is 3. The smallest absolute Gasteiger partial charge is 0.0951 e. The van der Waals surface area contributed by atoms with Gasteiger partial charge in [0.05, 0.1) is 12.2 Å². The number of unbranched alkanes of at least 4 members (excludes halogenated alkanes) is 1. The molecule has 3 atom stereocenters. The minimum absolute atomic E-state index is 0.0391. The summed E-state index contributed by atoms with van der Waals surface area (Å²) in [4.78, 5) is 0. The lowest BCUT2D eigenvalue weighted by molar-refractivity contribution is -0.0905. The Morgan fingerprint density at radius 3 is 2.79 bits per heavy atom. The highest BCUT2D eigenvalue weighted by Crippen LogP contribution is 2.33. The first-order chi connectivity index (χ1) is 9.28. The molecule has 1 spiro atoms. The second-order valence-corrected chi connectivity index (χ2v) is 6.32. The van der Waals surface area contributed by atoms with E-state index in [1.165, 1.54) is 32.1 Å². The summed E-state index contributed by atoms with van der Waals surface area (Å²) < 4.78 is 11.6. The molecule has 2 fully saturated rings. The third kappa shape index (κ3) is 4.44. The Balaban J connectivity index is 1.82. The second-order valence-electron chi connectivity index (χ2n) is 6.32. The SMILES string of the molecule is CCCCC(CCC)NC1CCOC2(CCOC2)C1. The van der Waals surface area contributed by atoms with Gasteiger partial charge in [-0.2, -0.15) is 0 Å². The lowest BCUT2D eigenvalue weighted by Crippen LogP contribution is -2.50. The lowest BCUT2D eigenvalue weighted by atomic mass is 9.89. The van der Waals surface area contributed by atoms with Gasteiger partial charge in [-0.15, -0.1) is 0 Å². The van der Waals surface area contributed by atoms with Crippen LogP contribution in [0, 0.1) is 0 Å². The van der Waals surface area contributed by atoms with E-state index < -0.39 is 0 Å². The molecule has 3 heteroatoms. The molecule has 0 aliphatic carbocycles. The predicted octanol–water partition coefficient (Wildman–Crippen LogP) is 3.27. The van der Waals surface area contributed by atoms with Crippen molar-refractivity contribution in [2.75, 3.05) is 19.8 Å². The number of rotatable bonds is 7. The highest BCUT2D eigenvalue weighted by atomic mass is 16.6. The Bertz CT molecular complexity index is 251. The monoisotopic (exact) mass is 269 g/mol. The van der Waals surface area contributed by atoms with Crippen LogP contribution >= 0.6 is 0 Å². The summed E-state index contributed by atoms with van der Waals surface area (Å²) >= 11 is 0. The van der Waals surface area contributed by atoms with E-state index in [0.29, 0.717) is 12.1 Å². The van der Waals surface area contributed by atoms with Crippen molar-refractivity contribution in [3.8, 4) is 0 Å². The summed E-state index contributed by atoms with van der Waals surface area (Å²) in [6, 6.07) is 1.33. The molecule has 2 aliphatic heterocycles. The van der Waals surface area contributed by atoms with Crippen molar-refractivity contribution in [1.82, 2.24) is 5.32 Å². The van der Waals surface area contributed by atoms with Crippen LogP contribution in [0.4, 0.5) is 0 Å². The van der Waals surface area contributed by atoms with Crippen LogP contribution in [0.25, 0.3) is 0 Å². The van der Waals surface area contributed by atoms with Crippen LogP contribution in [0.2, 0.25) is 0 Å². The topological polar surface area (TPSA) is 30.5 Å². The molecule has 19 heavy (non-hydrogen) atoms. The summed E-state index contributed by atoms with van der Waals surface area (Å²) in [5.41, 5.74) is 0.0391. The van der Waals surface area contributed by atoms with E-state index >= 15 is 0 Å². The Hall–Kier alpha value is -0.120. The zero-order valence-electron chi connectivity index (χ0n) is 12.7. The van der Waals surface area contributed by atoms with Gasteiger partial charge in [0.15, 0.2) is 0 Å². The second kappa shape index (κ2) is 7.61.